The average Bonchev–Trinajstić information content (AvgIpc) is 3.07. The van der Waals surface area contributed by atoms with Crippen molar-refractivity contribution < 1.29 is 14.3 Å². The molecule has 1 fully saturated rings. The third-order valence-electron chi connectivity index (χ3n) is 4.34. The summed E-state index contributed by atoms with van der Waals surface area (Å²) < 4.78 is 6.00. The van der Waals surface area contributed by atoms with Gasteiger partial charge in [0.15, 0.2) is 0 Å². The molecular formula is C18H22N4O3. The van der Waals surface area contributed by atoms with Gasteiger partial charge in [0.25, 0.3) is 11.8 Å². The van der Waals surface area contributed by atoms with Gasteiger partial charge in [-0.2, -0.15) is 0 Å². The van der Waals surface area contributed by atoms with Gasteiger partial charge >= 0.3 is 0 Å². The largest absolute Gasteiger partial charge is 0.488 e. The Bertz CT molecular complexity index is 771. The van der Waals surface area contributed by atoms with Gasteiger partial charge in [0.1, 0.15) is 17.5 Å². The van der Waals surface area contributed by atoms with E-state index in [1.807, 2.05) is 18.0 Å². The fourth-order valence-electron chi connectivity index (χ4n) is 2.99. The third kappa shape index (κ3) is 3.81. The number of likely N-dealkylation sites (tertiary alicyclic amines) is 1. The van der Waals surface area contributed by atoms with E-state index in [-0.39, 0.29) is 17.9 Å². The first-order valence-electron chi connectivity index (χ1n) is 8.36. The molecule has 0 saturated carbocycles. The van der Waals surface area contributed by atoms with Gasteiger partial charge in [0.2, 0.25) is 0 Å². The molecule has 1 aliphatic heterocycles. The number of aromatic amines is 1. The molecule has 0 spiro atoms. The van der Waals surface area contributed by atoms with Gasteiger partial charge in [-0.3, -0.25) is 14.6 Å². The Labute approximate surface area is 146 Å². The molecule has 1 saturated heterocycles. The maximum absolute atomic E-state index is 12.6. The number of H-pyrrole nitrogens is 1. The molecule has 7 heteroatoms. The van der Waals surface area contributed by atoms with E-state index in [4.69, 9.17) is 4.74 Å². The highest BCUT2D eigenvalue weighted by Gasteiger charge is 2.26. The zero-order valence-corrected chi connectivity index (χ0v) is 14.4. The second-order valence-corrected chi connectivity index (χ2v) is 6.14. The van der Waals surface area contributed by atoms with E-state index >= 15 is 0 Å². The minimum atomic E-state index is -0.256. The van der Waals surface area contributed by atoms with Crippen LogP contribution in [0.2, 0.25) is 0 Å². The number of aromatic nitrogens is 2. The van der Waals surface area contributed by atoms with Crippen LogP contribution in [0, 0.1) is 6.92 Å². The molecule has 2 aromatic heterocycles. The molecule has 7 nitrogen and oxygen atoms in total. The summed E-state index contributed by atoms with van der Waals surface area (Å²) in [5.41, 5.74) is 1.95. The van der Waals surface area contributed by atoms with Crippen LogP contribution in [0.25, 0.3) is 0 Å². The third-order valence-corrected chi connectivity index (χ3v) is 4.34. The van der Waals surface area contributed by atoms with Crippen molar-refractivity contribution in [3.05, 3.63) is 47.5 Å². The molecule has 2 amide bonds. The average molecular weight is 342 g/mol. The van der Waals surface area contributed by atoms with Crippen LogP contribution in [0.3, 0.4) is 0 Å². The van der Waals surface area contributed by atoms with Crippen molar-refractivity contribution in [1.82, 2.24) is 20.2 Å². The smallest absolute Gasteiger partial charge is 0.269 e. The predicted molar refractivity (Wildman–Crippen MR) is 92.7 cm³/mol. The Hall–Kier alpha value is -2.83. The summed E-state index contributed by atoms with van der Waals surface area (Å²) in [5.74, 6) is 0.354. The van der Waals surface area contributed by atoms with Gasteiger partial charge in [-0.1, -0.05) is 0 Å². The highest BCUT2D eigenvalue weighted by Crippen LogP contribution is 2.21. The van der Waals surface area contributed by atoms with E-state index in [1.165, 1.54) is 0 Å². The number of hydrogen-bond donors (Lipinski definition) is 2. The van der Waals surface area contributed by atoms with Crippen molar-refractivity contribution in [2.75, 3.05) is 20.1 Å². The van der Waals surface area contributed by atoms with Crippen molar-refractivity contribution in [1.29, 1.82) is 0 Å². The van der Waals surface area contributed by atoms with Gasteiger partial charge < -0.3 is 19.9 Å². The molecule has 3 heterocycles. The second-order valence-electron chi connectivity index (χ2n) is 6.14. The van der Waals surface area contributed by atoms with E-state index in [0.717, 1.165) is 24.9 Å². The SMILES string of the molecule is CNC(=O)c1cc(OC2CCCN(C(=O)c3c[nH]cc3C)C2)ccn1. The Morgan fingerprint density at radius 1 is 1.40 bits per heavy atom. The first-order valence-corrected chi connectivity index (χ1v) is 8.36. The Kier molecular flexibility index (Phi) is 5.02. The first kappa shape index (κ1) is 17.0. The quantitative estimate of drug-likeness (QED) is 0.886. The minimum absolute atomic E-state index is 0.0211. The number of ether oxygens (including phenoxy) is 1. The van der Waals surface area contributed by atoms with Crippen LogP contribution >= 0.6 is 0 Å². The van der Waals surface area contributed by atoms with Crippen molar-refractivity contribution in [3.8, 4) is 5.75 Å². The molecule has 132 valence electrons. The molecule has 2 aromatic rings. The van der Waals surface area contributed by atoms with Gasteiger partial charge in [-0.05, 0) is 31.4 Å². The molecule has 0 radical (unpaired) electrons. The molecule has 1 aliphatic rings. The van der Waals surface area contributed by atoms with E-state index in [9.17, 15) is 9.59 Å². The van der Waals surface area contributed by atoms with E-state index in [0.29, 0.717) is 23.6 Å². The maximum Gasteiger partial charge on any atom is 0.269 e. The second kappa shape index (κ2) is 7.38. The molecule has 2 N–H and O–H groups in total. The van der Waals surface area contributed by atoms with Crippen LogP contribution in [0.5, 0.6) is 5.75 Å². The van der Waals surface area contributed by atoms with Gasteiger partial charge in [0.05, 0.1) is 12.1 Å². The van der Waals surface area contributed by atoms with E-state index in [1.54, 1.807) is 31.6 Å². The van der Waals surface area contributed by atoms with E-state index < -0.39 is 0 Å². The van der Waals surface area contributed by atoms with Crippen LogP contribution in [-0.4, -0.2) is 52.9 Å². The van der Waals surface area contributed by atoms with Crippen LogP contribution in [0.1, 0.15) is 39.3 Å². The summed E-state index contributed by atoms with van der Waals surface area (Å²) in [7, 11) is 1.56. The molecule has 0 aliphatic carbocycles. The van der Waals surface area contributed by atoms with Gasteiger partial charge in [-0.15, -0.1) is 0 Å². The number of aryl methyl sites for hydroxylation is 1. The number of nitrogens with zero attached hydrogens (tertiary/aromatic N) is 2. The first-order chi connectivity index (χ1) is 12.1. The zero-order valence-electron chi connectivity index (χ0n) is 14.4. The molecule has 0 aromatic carbocycles. The number of carbonyl (C=O) groups excluding carboxylic acids is 2. The normalized spacial score (nSPS) is 17.2. The van der Waals surface area contributed by atoms with Gasteiger partial charge in [0, 0.05) is 38.2 Å². The number of rotatable bonds is 4. The number of nitrogens with one attached hydrogen (secondary N) is 2. The van der Waals surface area contributed by atoms with Crippen molar-refractivity contribution in [2.24, 2.45) is 0 Å². The summed E-state index contributed by atoms with van der Waals surface area (Å²) in [4.78, 5) is 33.1. The lowest BCUT2D eigenvalue weighted by Crippen LogP contribution is -2.44. The van der Waals surface area contributed by atoms with Crippen LogP contribution in [0.4, 0.5) is 0 Å². The lowest BCUT2D eigenvalue weighted by Gasteiger charge is -2.33. The molecule has 1 atom stereocenters. The number of amides is 2. The number of hydrogen-bond acceptors (Lipinski definition) is 4. The summed E-state index contributed by atoms with van der Waals surface area (Å²) in [5, 5.41) is 2.54. The Balaban J connectivity index is 1.67. The molecule has 1 unspecified atom stereocenters. The molecule has 0 bridgehead atoms. The number of carbonyl (C=O) groups is 2. The van der Waals surface area contributed by atoms with Crippen LogP contribution in [-0.2, 0) is 0 Å². The summed E-state index contributed by atoms with van der Waals surface area (Å²) >= 11 is 0. The molecule has 3 rings (SSSR count). The highest BCUT2D eigenvalue weighted by atomic mass is 16.5. The number of piperidine rings is 1. The lowest BCUT2D eigenvalue weighted by molar-refractivity contribution is 0.0537. The van der Waals surface area contributed by atoms with Crippen LogP contribution < -0.4 is 10.1 Å². The van der Waals surface area contributed by atoms with E-state index in [2.05, 4.69) is 15.3 Å². The highest BCUT2D eigenvalue weighted by molar-refractivity contribution is 5.95. The fourth-order valence-corrected chi connectivity index (χ4v) is 2.99. The zero-order chi connectivity index (χ0) is 17.8. The lowest BCUT2D eigenvalue weighted by atomic mass is 10.1. The van der Waals surface area contributed by atoms with Crippen molar-refractivity contribution in [3.63, 3.8) is 0 Å². The fraction of sp³-hybridized carbons (Fsp3) is 0.389. The molecular weight excluding hydrogens is 320 g/mol. The summed E-state index contributed by atoms with van der Waals surface area (Å²) in [6, 6.07) is 3.35. The minimum Gasteiger partial charge on any atom is -0.488 e. The van der Waals surface area contributed by atoms with Crippen molar-refractivity contribution in [2.45, 2.75) is 25.9 Å². The van der Waals surface area contributed by atoms with Crippen molar-refractivity contribution >= 4 is 11.8 Å². The number of pyridine rings is 1. The monoisotopic (exact) mass is 342 g/mol. The summed E-state index contributed by atoms with van der Waals surface area (Å²) in [6.45, 7) is 3.17. The maximum atomic E-state index is 12.6. The van der Waals surface area contributed by atoms with Gasteiger partial charge in [-0.25, -0.2) is 0 Å². The Morgan fingerprint density at radius 2 is 2.24 bits per heavy atom. The van der Waals surface area contributed by atoms with Crippen LogP contribution in [0.15, 0.2) is 30.7 Å². The standard InChI is InChI=1S/C18H22N4O3/c1-12-9-20-10-15(12)18(24)22-7-3-4-14(11-22)25-13-5-6-21-16(8-13)17(23)19-2/h5-6,8-10,14,20H,3-4,7,11H2,1-2H3,(H,19,23). The predicted octanol–water partition coefficient (Wildman–Crippen LogP) is 1.76. The summed E-state index contributed by atoms with van der Waals surface area (Å²) in [6.07, 6.45) is 6.76. The molecule has 25 heavy (non-hydrogen) atoms. The topological polar surface area (TPSA) is 87.3 Å². The Morgan fingerprint density at radius 3 is 2.96 bits per heavy atom.